The second-order valence-electron chi connectivity index (χ2n) is 7.23. The summed E-state index contributed by atoms with van der Waals surface area (Å²) in [6.45, 7) is 6.22. The third-order valence-electron chi connectivity index (χ3n) is 4.62. The van der Waals surface area contributed by atoms with Crippen molar-refractivity contribution in [3.63, 3.8) is 0 Å². The van der Waals surface area contributed by atoms with Crippen molar-refractivity contribution in [2.24, 2.45) is 0 Å². The van der Waals surface area contributed by atoms with Gasteiger partial charge in [0.1, 0.15) is 16.1 Å². The standard InChI is InChI=1S/C21H20ClN5OS/c1-12(2)18-15(11-24-21-19(18)26-13(3)29-21)9-16(28)7-14-8-17(22)20(23-10-14)27-6-4-5-25-27/h4-6,8,10-12H,7,9H2,1-3H3. The highest BCUT2D eigenvalue weighted by Crippen LogP contribution is 2.31. The van der Waals surface area contributed by atoms with Gasteiger partial charge in [0.25, 0.3) is 0 Å². The van der Waals surface area contributed by atoms with Crippen LogP contribution in [0.25, 0.3) is 16.2 Å². The van der Waals surface area contributed by atoms with Gasteiger partial charge < -0.3 is 0 Å². The highest BCUT2D eigenvalue weighted by Gasteiger charge is 2.18. The van der Waals surface area contributed by atoms with Gasteiger partial charge in [-0.2, -0.15) is 5.10 Å². The molecule has 0 atom stereocenters. The van der Waals surface area contributed by atoms with Crippen molar-refractivity contribution in [1.82, 2.24) is 24.7 Å². The summed E-state index contributed by atoms with van der Waals surface area (Å²) in [6.07, 6.45) is 7.50. The number of aryl methyl sites for hydroxylation is 1. The van der Waals surface area contributed by atoms with Gasteiger partial charge in [-0.05, 0) is 41.7 Å². The normalized spacial score (nSPS) is 11.5. The topological polar surface area (TPSA) is 73.6 Å². The van der Waals surface area contributed by atoms with Crippen molar-refractivity contribution in [2.75, 3.05) is 0 Å². The molecule has 0 aliphatic rings. The SMILES string of the molecule is Cc1nc2c(C(C)C)c(CC(=O)Cc3cnc(-n4cccn4)c(Cl)c3)cnc2s1. The number of fused-ring (bicyclic) bond motifs is 1. The van der Waals surface area contributed by atoms with Crippen LogP contribution in [0.1, 0.15) is 41.5 Å². The van der Waals surface area contributed by atoms with Gasteiger partial charge in [0.2, 0.25) is 0 Å². The summed E-state index contributed by atoms with van der Waals surface area (Å²) < 4.78 is 1.60. The average molecular weight is 426 g/mol. The van der Waals surface area contributed by atoms with Crippen LogP contribution in [0, 0.1) is 6.92 Å². The first kappa shape index (κ1) is 19.7. The zero-order valence-electron chi connectivity index (χ0n) is 16.4. The number of thiazole rings is 1. The van der Waals surface area contributed by atoms with Crippen LogP contribution in [0.4, 0.5) is 0 Å². The number of pyridine rings is 2. The van der Waals surface area contributed by atoms with Crippen LogP contribution in [0.2, 0.25) is 5.02 Å². The predicted molar refractivity (Wildman–Crippen MR) is 115 cm³/mol. The van der Waals surface area contributed by atoms with E-state index in [1.807, 2.05) is 13.1 Å². The summed E-state index contributed by atoms with van der Waals surface area (Å²) in [7, 11) is 0. The van der Waals surface area contributed by atoms with Gasteiger partial charge in [-0.1, -0.05) is 36.8 Å². The average Bonchev–Trinajstić information content (AvgIpc) is 3.30. The number of halogens is 1. The molecule has 0 aliphatic heterocycles. The molecule has 0 saturated heterocycles. The van der Waals surface area contributed by atoms with E-state index in [1.165, 1.54) is 0 Å². The number of carbonyl (C=O) groups is 1. The van der Waals surface area contributed by atoms with E-state index in [-0.39, 0.29) is 18.1 Å². The van der Waals surface area contributed by atoms with Crippen LogP contribution in [-0.4, -0.2) is 30.5 Å². The Morgan fingerprint density at radius 3 is 2.76 bits per heavy atom. The van der Waals surface area contributed by atoms with Crippen molar-refractivity contribution in [3.8, 4) is 5.82 Å². The Balaban J connectivity index is 1.56. The molecule has 0 radical (unpaired) electrons. The molecule has 6 nitrogen and oxygen atoms in total. The summed E-state index contributed by atoms with van der Waals surface area (Å²) in [5.41, 5.74) is 3.74. The molecule has 0 saturated carbocycles. The lowest BCUT2D eigenvalue weighted by molar-refractivity contribution is -0.117. The third-order valence-corrected chi connectivity index (χ3v) is 5.78. The van der Waals surface area contributed by atoms with E-state index >= 15 is 0 Å². The molecular formula is C21H20ClN5OS. The number of aromatic nitrogens is 5. The van der Waals surface area contributed by atoms with Gasteiger partial charge in [-0.15, -0.1) is 0 Å². The van der Waals surface area contributed by atoms with E-state index < -0.39 is 0 Å². The summed E-state index contributed by atoms with van der Waals surface area (Å²) >= 11 is 7.93. The van der Waals surface area contributed by atoms with Crippen molar-refractivity contribution in [3.05, 3.63) is 63.6 Å². The number of nitrogens with zero attached hydrogens (tertiary/aromatic N) is 5. The number of hydrogen-bond acceptors (Lipinski definition) is 6. The first-order valence-electron chi connectivity index (χ1n) is 9.33. The highest BCUT2D eigenvalue weighted by atomic mass is 35.5. The predicted octanol–water partition coefficient (Wildman–Crippen LogP) is 4.71. The molecule has 0 N–H and O–H groups in total. The van der Waals surface area contributed by atoms with Crippen LogP contribution < -0.4 is 0 Å². The molecule has 0 unspecified atom stereocenters. The lowest BCUT2D eigenvalue weighted by Crippen LogP contribution is -2.11. The minimum absolute atomic E-state index is 0.0877. The van der Waals surface area contributed by atoms with E-state index in [2.05, 4.69) is 33.9 Å². The smallest absolute Gasteiger partial charge is 0.172 e. The van der Waals surface area contributed by atoms with Crippen LogP contribution in [-0.2, 0) is 17.6 Å². The Hall–Kier alpha value is -2.64. The van der Waals surface area contributed by atoms with Crippen LogP contribution in [0.15, 0.2) is 36.9 Å². The van der Waals surface area contributed by atoms with Crippen LogP contribution in [0.5, 0.6) is 0 Å². The maximum atomic E-state index is 12.8. The van der Waals surface area contributed by atoms with Crippen LogP contribution in [0.3, 0.4) is 0 Å². The molecule has 148 valence electrons. The molecule has 4 rings (SSSR count). The van der Waals surface area contributed by atoms with E-state index in [0.717, 1.165) is 32.0 Å². The fourth-order valence-corrected chi connectivity index (χ4v) is 4.50. The lowest BCUT2D eigenvalue weighted by atomic mass is 9.94. The van der Waals surface area contributed by atoms with Crippen molar-refractivity contribution in [1.29, 1.82) is 0 Å². The summed E-state index contributed by atoms with van der Waals surface area (Å²) in [6, 6.07) is 3.58. The second-order valence-corrected chi connectivity index (χ2v) is 8.82. The Morgan fingerprint density at radius 1 is 1.24 bits per heavy atom. The zero-order chi connectivity index (χ0) is 20.5. The monoisotopic (exact) mass is 425 g/mol. The zero-order valence-corrected chi connectivity index (χ0v) is 18.0. The van der Waals surface area contributed by atoms with E-state index in [1.54, 1.807) is 46.7 Å². The molecule has 4 aromatic rings. The fourth-order valence-electron chi connectivity index (χ4n) is 3.45. The molecular weight excluding hydrogens is 406 g/mol. The fraction of sp³-hybridized carbons (Fsp3) is 0.286. The Bertz CT molecular complexity index is 1180. The Morgan fingerprint density at radius 2 is 2.07 bits per heavy atom. The molecule has 0 aliphatic carbocycles. The largest absolute Gasteiger partial charge is 0.299 e. The summed E-state index contributed by atoms with van der Waals surface area (Å²) in [4.78, 5) is 27.2. The quantitative estimate of drug-likeness (QED) is 0.447. The first-order valence-corrected chi connectivity index (χ1v) is 10.5. The van der Waals surface area contributed by atoms with Crippen molar-refractivity contribution >= 4 is 39.1 Å². The number of rotatable bonds is 6. The number of carbonyl (C=O) groups excluding carboxylic acids is 1. The maximum absolute atomic E-state index is 12.8. The minimum atomic E-state index is 0.0877. The maximum Gasteiger partial charge on any atom is 0.172 e. The van der Waals surface area contributed by atoms with Gasteiger partial charge in [0.15, 0.2) is 5.82 Å². The summed E-state index contributed by atoms with van der Waals surface area (Å²) in [5, 5.41) is 5.58. The van der Waals surface area contributed by atoms with Crippen LogP contribution >= 0.6 is 22.9 Å². The third kappa shape index (κ3) is 4.06. The molecule has 0 spiro atoms. The van der Waals surface area contributed by atoms with E-state index in [4.69, 9.17) is 11.6 Å². The van der Waals surface area contributed by atoms with Crippen molar-refractivity contribution < 1.29 is 4.79 Å². The van der Waals surface area contributed by atoms with Gasteiger partial charge >= 0.3 is 0 Å². The first-order chi connectivity index (χ1) is 13.9. The molecule has 4 aromatic heterocycles. The Labute approximate surface area is 177 Å². The van der Waals surface area contributed by atoms with Gasteiger partial charge in [0, 0.05) is 37.6 Å². The second kappa shape index (κ2) is 8.00. The van der Waals surface area contributed by atoms with Gasteiger partial charge in [0.05, 0.1) is 10.0 Å². The molecule has 29 heavy (non-hydrogen) atoms. The van der Waals surface area contributed by atoms with E-state index in [0.29, 0.717) is 17.3 Å². The molecule has 4 heterocycles. The lowest BCUT2D eigenvalue weighted by Gasteiger charge is -2.13. The number of Topliss-reactive ketones (excluding diaryl/α,β-unsaturated/α-hetero) is 1. The molecule has 0 fully saturated rings. The van der Waals surface area contributed by atoms with E-state index in [9.17, 15) is 4.79 Å². The van der Waals surface area contributed by atoms with Gasteiger partial charge in [-0.25, -0.2) is 19.6 Å². The number of hydrogen-bond donors (Lipinski definition) is 0. The summed E-state index contributed by atoms with van der Waals surface area (Å²) in [5.74, 6) is 0.891. The number of ketones is 1. The Kier molecular flexibility index (Phi) is 5.43. The molecule has 0 aromatic carbocycles. The molecule has 8 heteroatoms. The highest BCUT2D eigenvalue weighted by molar-refractivity contribution is 7.18. The molecule has 0 amide bonds. The minimum Gasteiger partial charge on any atom is -0.299 e. The van der Waals surface area contributed by atoms with Gasteiger partial charge in [-0.3, -0.25) is 4.79 Å². The molecule has 0 bridgehead atoms. The van der Waals surface area contributed by atoms with Crippen molar-refractivity contribution in [2.45, 2.75) is 39.5 Å².